The van der Waals surface area contributed by atoms with E-state index >= 15 is 0 Å². The van der Waals surface area contributed by atoms with Gasteiger partial charge in [-0.25, -0.2) is 13.6 Å². The zero-order valence-corrected chi connectivity index (χ0v) is 11.3. The first-order valence-electron chi connectivity index (χ1n) is 4.50. The molecular weight excluding hydrogens is 289 g/mol. The van der Waals surface area contributed by atoms with E-state index in [2.05, 4.69) is 0 Å². The Bertz CT molecular complexity index is 504. The van der Waals surface area contributed by atoms with Crippen LogP contribution in [0, 0.1) is 0 Å². The van der Waals surface area contributed by atoms with Gasteiger partial charge in [-0.15, -0.1) is 0 Å². The maximum atomic E-state index is 11.2. The number of benzene rings is 1. The Morgan fingerprint density at radius 2 is 1.88 bits per heavy atom. The van der Waals surface area contributed by atoms with Crippen LogP contribution in [-0.4, -0.2) is 28.7 Å². The van der Waals surface area contributed by atoms with Gasteiger partial charge in [0.15, 0.2) is 0 Å². The fourth-order valence-corrected chi connectivity index (χ4v) is 2.45. The first kappa shape index (κ1) is 14.5. The molecule has 0 saturated carbocycles. The third-order valence-electron chi connectivity index (χ3n) is 1.84. The average molecular weight is 300 g/mol. The van der Waals surface area contributed by atoms with E-state index < -0.39 is 10.0 Å². The highest BCUT2D eigenvalue weighted by Gasteiger charge is 2.16. The van der Waals surface area contributed by atoms with Crippen molar-refractivity contribution in [3.63, 3.8) is 0 Å². The number of rotatable bonds is 5. The van der Waals surface area contributed by atoms with Crippen molar-refractivity contribution in [1.29, 1.82) is 0 Å². The Morgan fingerprint density at radius 3 is 2.41 bits per heavy atom. The van der Waals surface area contributed by atoms with E-state index in [1.165, 1.54) is 13.2 Å². The van der Waals surface area contributed by atoms with Gasteiger partial charge in [0.05, 0.1) is 16.7 Å². The van der Waals surface area contributed by atoms with Crippen molar-refractivity contribution < 1.29 is 17.9 Å². The SMILES string of the molecule is COCCOc1cc(Cl)c(S(N)(=O)=O)cc1Cl. The van der Waals surface area contributed by atoms with Crippen LogP contribution in [0.25, 0.3) is 0 Å². The minimum atomic E-state index is -3.89. The molecule has 1 aromatic carbocycles. The summed E-state index contributed by atoms with van der Waals surface area (Å²) in [5.41, 5.74) is 0. The third kappa shape index (κ3) is 4.01. The number of hydrogen-bond acceptors (Lipinski definition) is 4. The summed E-state index contributed by atoms with van der Waals surface area (Å²) in [6.07, 6.45) is 0. The van der Waals surface area contributed by atoms with Crippen LogP contribution >= 0.6 is 23.2 Å². The van der Waals surface area contributed by atoms with Gasteiger partial charge in [-0.3, -0.25) is 0 Å². The molecular formula is C9H11Cl2NO4S. The molecule has 0 radical (unpaired) electrons. The van der Waals surface area contributed by atoms with Crippen molar-refractivity contribution >= 4 is 33.2 Å². The van der Waals surface area contributed by atoms with Gasteiger partial charge in [0.25, 0.3) is 0 Å². The summed E-state index contributed by atoms with van der Waals surface area (Å²) in [6, 6.07) is 2.46. The van der Waals surface area contributed by atoms with Crippen molar-refractivity contribution in [2.75, 3.05) is 20.3 Å². The van der Waals surface area contributed by atoms with Gasteiger partial charge in [-0.2, -0.15) is 0 Å². The molecule has 0 aliphatic carbocycles. The number of methoxy groups -OCH3 is 1. The lowest BCUT2D eigenvalue weighted by Crippen LogP contribution is -2.13. The highest BCUT2D eigenvalue weighted by molar-refractivity contribution is 7.89. The van der Waals surface area contributed by atoms with E-state index in [0.29, 0.717) is 6.61 Å². The number of primary sulfonamides is 1. The summed E-state index contributed by atoms with van der Waals surface area (Å²) in [4.78, 5) is -0.233. The lowest BCUT2D eigenvalue weighted by Gasteiger charge is -2.10. The predicted octanol–water partition coefficient (Wildman–Crippen LogP) is 1.67. The second-order valence-electron chi connectivity index (χ2n) is 3.10. The predicted molar refractivity (Wildman–Crippen MR) is 65.2 cm³/mol. The molecule has 8 heteroatoms. The molecule has 0 aromatic heterocycles. The fraction of sp³-hybridized carbons (Fsp3) is 0.333. The largest absolute Gasteiger partial charge is 0.490 e. The minimum absolute atomic E-state index is 0.0377. The molecule has 0 aliphatic heterocycles. The second-order valence-corrected chi connectivity index (χ2v) is 5.44. The summed E-state index contributed by atoms with van der Waals surface area (Å²) < 4.78 is 32.3. The number of ether oxygens (including phenoxy) is 2. The molecule has 0 unspecified atom stereocenters. The van der Waals surface area contributed by atoms with Crippen LogP contribution < -0.4 is 9.88 Å². The maximum absolute atomic E-state index is 11.2. The topological polar surface area (TPSA) is 78.6 Å². The Morgan fingerprint density at radius 1 is 1.24 bits per heavy atom. The van der Waals surface area contributed by atoms with Crippen LogP contribution in [0.5, 0.6) is 5.75 Å². The monoisotopic (exact) mass is 299 g/mol. The quantitative estimate of drug-likeness (QED) is 0.839. The Balaban J connectivity index is 3.02. The van der Waals surface area contributed by atoms with Crippen LogP contribution in [0.4, 0.5) is 0 Å². The molecule has 2 N–H and O–H groups in total. The Kier molecular flexibility index (Phi) is 5.03. The van der Waals surface area contributed by atoms with Gasteiger partial charge in [0.1, 0.15) is 17.3 Å². The zero-order valence-electron chi connectivity index (χ0n) is 8.94. The average Bonchev–Trinajstić information content (AvgIpc) is 2.21. The van der Waals surface area contributed by atoms with Crippen molar-refractivity contribution in [3.05, 3.63) is 22.2 Å². The number of nitrogens with two attached hydrogens (primary N) is 1. The molecule has 17 heavy (non-hydrogen) atoms. The highest BCUT2D eigenvalue weighted by atomic mass is 35.5. The van der Waals surface area contributed by atoms with E-state index in [1.807, 2.05) is 0 Å². The van der Waals surface area contributed by atoms with Crippen LogP contribution in [0.2, 0.25) is 10.0 Å². The van der Waals surface area contributed by atoms with E-state index in [-0.39, 0.29) is 27.3 Å². The first-order valence-corrected chi connectivity index (χ1v) is 6.80. The number of sulfonamides is 1. The zero-order chi connectivity index (χ0) is 13.1. The van der Waals surface area contributed by atoms with Crippen molar-refractivity contribution in [2.45, 2.75) is 4.90 Å². The van der Waals surface area contributed by atoms with E-state index in [0.717, 1.165) is 6.07 Å². The standard InChI is InChI=1S/C9H11Cl2NO4S/c1-15-2-3-16-8-4-7(11)9(5-6(8)10)17(12,13)14/h4-5H,2-3H2,1H3,(H2,12,13,14). The molecule has 0 aliphatic rings. The smallest absolute Gasteiger partial charge is 0.239 e. The Labute approximate surface area is 109 Å². The van der Waals surface area contributed by atoms with Gasteiger partial charge in [-0.05, 0) is 6.07 Å². The molecule has 0 fully saturated rings. The van der Waals surface area contributed by atoms with Crippen molar-refractivity contribution in [1.82, 2.24) is 0 Å². The van der Waals surface area contributed by atoms with Gasteiger partial charge < -0.3 is 9.47 Å². The van der Waals surface area contributed by atoms with E-state index in [4.69, 9.17) is 37.8 Å². The van der Waals surface area contributed by atoms with Gasteiger partial charge in [-0.1, -0.05) is 23.2 Å². The third-order valence-corrected chi connectivity index (χ3v) is 3.51. The number of halogens is 2. The molecule has 0 amide bonds. The lowest BCUT2D eigenvalue weighted by atomic mass is 10.3. The molecule has 1 rings (SSSR count). The summed E-state index contributed by atoms with van der Waals surface area (Å²) in [5.74, 6) is 0.279. The van der Waals surface area contributed by atoms with Crippen LogP contribution in [0.3, 0.4) is 0 Å². The van der Waals surface area contributed by atoms with Crippen molar-refractivity contribution in [2.24, 2.45) is 5.14 Å². The van der Waals surface area contributed by atoms with Gasteiger partial charge in [0.2, 0.25) is 10.0 Å². The summed E-state index contributed by atoms with van der Waals surface area (Å²) in [5, 5.41) is 5.05. The molecule has 96 valence electrons. The van der Waals surface area contributed by atoms with E-state index in [9.17, 15) is 8.42 Å². The summed E-state index contributed by atoms with van der Waals surface area (Å²) >= 11 is 11.6. The first-order chi connectivity index (χ1) is 7.86. The highest BCUT2D eigenvalue weighted by Crippen LogP contribution is 2.32. The van der Waals surface area contributed by atoms with Crippen LogP contribution in [-0.2, 0) is 14.8 Å². The van der Waals surface area contributed by atoms with E-state index in [1.54, 1.807) is 0 Å². The molecule has 0 heterocycles. The molecule has 5 nitrogen and oxygen atoms in total. The lowest BCUT2D eigenvalue weighted by molar-refractivity contribution is 0.146. The molecule has 0 saturated heterocycles. The molecule has 0 spiro atoms. The molecule has 0 atom stereocenters. The summed E-state index contributed by atoms with van der Waals surface area (Å²) in [6.45, 7) is 0.659. The van der Waals surface area contributed by atoms with Gasteiger partial charge >= 0.3 is 0 Å². The summed E-state index contributed by atoms with van der Waals surface area (Å²) in [7, 11) is -2.36. The minimum Gasteiger partial charge on any atom is -0.490 e. The van der Waals surface area contributed by atoms with Crippen molar-refractivity contribution in [3.8, 4) is 5.75 Å². The molecule has 1 aromatic rings. The number of hydrogen-bond donors (Lipinski definition) is 1. The van der Waals surface area contributed by atoms with Gasteiger partial charge in [0, 0.05) is 13.2 Å². The maximum Gasteiger partial charge on any atom is 0.239 e. The van der Waals surface area contributed by atoms with Crippen LogP contribution in [0.15, 0.2) is 17.0 Å². The Hall–Kier alpha value is -0.530. The normalized spacial score (nSPS) is 11.5. The fourth-order valence-electron chi connectivity index (χ4n) is 1.07. The second kappa shape index (κ2) is 5.88. The van der Waals surface area contributed by atoms with Crippen LogP contribution in [0.1, 0.15) is 0 Å². The molecule has 0 bridgehead atoms.